The summed E-state index contributed by atoms with van der Waals surface area (Å²) in [6, 6.07) is 152. The normalized spacial score (nSPS) is 13.1. The van der Waals surface area contributed by atoms with Crippen LogP contribution >= 0.6 is 22.7 Å². The van der Waals surface area contributed by atoms with Crippen molar-refractivity contribution in [3.63, 3.8) is 0 Å². The van der Waals surface area contributed by atoms with Gasteiger partial charge in [-0.05, 0) is 160 Å². The van der Waals surface area contributed by atoms with Gasteiger partial charge in [0.2, 0.25) is 0 Å². The van der Waals surface area contributed by atoms with Gasteiger partial charge in [-0.15, -0.1) is 22.7 Å². The molecule has 0 unspecified atom stereocenters. The smallest absolute Gasteiger partial charge is 0.164 e. The van der Waals surface area contributed by atoms with E-state index in [1.807, 2.05) is 205 Å². The van der Waals surface area contributed by atoms with E-state index in [0.29, 0.717) is 52.4 Å². The van der Waals surface area contributed by atoms with Crippen molar-refractivity contribution in [2.24, 2.45) is 0 Å². The lowest BCUT2D eigenvalue weighted by Gasteiger charge is -2.22. The standard InChI is InChI=1S/2C42H29N3S.C42H31N3/c1-42(2)34-22-10-9-19-31(34)32-23-24-35-36(37(32)42)33-21-12-20-30(38(33)46-35)28-17-11-18-29(25-28)41-44-39(26-13-5-3-6-14-26)43-40(45-41)27-15-7-4-8-16-27;1-42(2)34-16-10-9-15-31(34)32-22-24-36-37(38(32)42)33-25-30(21-23-35(33)46-36)26-17-19-29(20-18-26)41-44-39(27-11-5-3-6-12-27)43-40(45-41)28-13-7-4-8-14-28;1-42(2)37-22-10-9-21-35(37)36-24-23-33(27-38(36)42)31-18-11-17-30(25-31)32-19-12-20-34(26-32)41-44-39(28-13-5-3-6-14-28)43-40(45-41)29-15-7-4-8-16-29/h2*3-25H,1-2H3;3-27H,1-2H3. The fraction of sp³-hybridized carbons (Fsp3) is 0.0714. The zero-order chi connectivity index (χ0) is 92.0. The molecule has 0 N–H and O–H groups in total. The second kappa shape index (κ2) is 34.2. The van der Waals surface area contributed by atoms with Crippen LogP contribution in [0.2, 0.25) is 0 Å². The number of thiophene rings is 2. The molecule has 0 saturated heterocycles. The van der Waals surface area contributed by atoms with Crippen LogP contribution in [0.25, 0.3) is 221 Å². The number of nitrogens with zero attached hydrogens (tertiary/aromatic N) is 9. The molecule has 0 amide bonds. The maximum Gasteiger partial charge on any atom is 0.164 e. The highest BCUT2D eigenvalue weighted by Gasteiger charge is 2.40. The Kier molecular flexibility index (Phi) is 20.8. The second-order valence-electron chi connectivity index (χ2n) is 37.0. The molecule has 18 aromatic carbocycles. The molecule has 11 heteroatoms. The van der Waals surface area contributed by atoms with Crippen molar-refractivity contribution in [2.45, 2.75) is 57.8 Å². The molecule has 5 aromatic heterocycles. The number of aromatic nitrogens is 9. The van der Waals surface area contributed by atoms with Crippen LogP contribution in [0, 0.1) is 0 Å². The molecule has 0 atom stereocenters. The van der Waals surface area contributed by atoms with Gasteiger partial charge in [0, 0.05) is 107 Å². The van der Waals surface area contributed by atoms with E-state index in [-0.39, 0.29) is 16.2 Å². The average molecular weight is 1790 g/mol. The van der Waals surface area contributed by atoms with Crippen molar-refractivity contribution >= 4 is 63.0 Å². The highest BCUT2D eigenvalue weighted by atomic mass is 32.1. The lowest BCUT2D eigenvalue weighted by molar-refractivity contribution is 0.660. The van der Waals surface area contributed by atoms with Crippen molar-refractivity contribution in [2.75, 3.05) is 0 Å². The predicted octanol–water partition coefficient (Wildman–Crippen LogP) is 32.9. The third kappa shape index (κ3) is 15.1. The summed E-state index contributed by atoms with van der Waals surface area (Å²) in [5.74, 6) is 5.97. The molecular weight excluding hydrogens is 1700 g/mol. The lowest BCUT2D eigenvalue weighted by atomic mass is 9.80. The second-order valence-corrected chi connectivity index (χ2v) is 39.2. The van der Waals surface area contributed by atoms with Gasteiger partial charge >= 0.3 is 0 Å². The molecular formula is C126H89N9S2. The zero-order valence-electron chi connectivity index (χ0n) is 76.3. The first-order valence-electron chi connectivity index (χ1n) is 46.6. The summed E-state index contributed by atoms with van der Waals surface area (Å²) in [6.07, 6.45) is 0. The number of benzene rings is 18. The molecule has 0 bridgehead atoms. The molecule has 26 rings (SSSR count). The molecule has 0 saturated carbocycles. The van der Waals surface area contributed by atoms with Crippen molar-refractivity contribution in [3.05, 3.63) is 464 Å². The van der Waals surface area contributed by atoms with Crippen molar-refractivity contribution in [1.82, 2.24) is 44.9 Å². The van der Waals surface area contributed by atoms with Crippen LogP contribution in [-0.4, -0.2) is 44.9 Å². The van der Waals surface area contributed by atoms with Gasteiger partial charge in [-0.3, -0.25) is 0 Å². The summed E-state index contributed by atoms with van der Waals surface area (Å²) < 4.78 is 5.30. The Labute approximate surface area is 804 Å². The summed E-state index contributed by atoms with van der Waals surface area (Å²) >= 11 is 3.78. The van der Waals surface area contributed by atoms with E-state index in [0.717, 1.165) is 66.8 Å². The van der Waals surface area contributed by atoms with Gasteiger partial charge in [0.15, 0.2) is 52.4 Å². The minimum atomic E-state index is -0.0685. The average Bonchev–Trinajstić information content (AvgIpc) is 1.55. The van der Waals surface area contributed by atoms with Crippen LogP contribution in [0.5, 0.6) is 0 Å². The van der Waals surface area contributed by atoms with E-state index in [4.69, 9.17) is 44.9 Å². The summed E-state index contributed by atoms with van der Waals surface area (Å²) in [4.78, 5) is 44.3. The fourth-order valence-electron chi connectivity index (χ4n) is 20.8. The number of fused-ring (bicyclic) bond motifs is 17. The predicted molar refractivity (Wildman–Crippen MR) is 569 cm³/mol. The highest BCUT2D eigenvalue weighted by Crippen LogP contribution is 2.58. The van der Waals surface area contributed by atoms with Gasteiger partial charge in [-0.25, -0.2) is 44.9 Å². The zero-order valence-corrected chi connectivity index (χ0v) is 78.0. The van der Waals surface area contributed by atoms with E-state index < -0.39 is 0 Å². The summed E-state index contributed by atoms with van der Waals surface area (Å²) in [7, 11) is 0. The first-order valence-corrected chi connectivity index (χ1v) is 48.2. The summed E-state index contributed by atoms with van der Waals surface area (Å²) in [6.45, 7) is 14.1. The van der Waals surface area contributed by atoms with Crippen LogP contribution in [-0.2, 0) is 16.2 Å². The van der Waals surface area contributed by atoms with Crippen molar-refractivity contribution in [1.29, 1.82) is 0 Å². The van der Waals surface area contributed by atoms with E-state index in [2.05, 4.69) is 290 Å². The van der Waals surface area contributed by atoms with E-state index in [1.165, 1.54) is 135 Å². The molecule has 137 heavy (non-hydrogen) atoms. The Morgan fingerprint density at radius 1 is 0.161 bits per heavy atom. The van der Waals surface area contributed by atoms with Crippen LogP contribution in [0.3, 0.4) is 0 Å². The first kappa shape index (κ1) is 83.5. The molecule has 9 nitrogen and oxygen atoms in total. The fourth-order valence-corrected chi connectivity index (χ4v) is 23.1. The molecule has 3 aliphatic carbocycles. The largest absolute Gasteiger partial charge is 0.208 e. The van der Waals surface area contributed by atoms with Crippen molar-refractivity contribution < 1.29 is 0 Å². The molecule has 0 radical (unpaired) electrons. The SMILES string of the molecule is CC1(C)c2ccccc2-c2ccc(-c3cccc(-c4cccc(-c5nc(-c6ccccc6)nc(-c6ccccc6)n5)c4)c3)cc21.CC1(C)c2ccccc2-c2ccc3sc4c(-c5cccc(-c6nc(-c7ccccc7)nc(-c7ccccc7)n6)c5)cccc4c3c21.CC1(C)c2ccccc2-c2ccc3sc4ccc(-c5ccc(-c6nc(-c7ccccc7)nc(-c7ccccc7)n6)cc5)cc4c3c21. The first-order chi connectivity index (χ1) is 67.1. The summed E-state index contributed by atoms with van der Waals surface area (Å²) in [5, 5.41) is 5.42. The van der Waals surface area contributed by atoms with Gasteiger partial charge in [0.05, 0.1) is 0 Å². The number of hydrogen-bond donors (Lipinski definition) is 0. The maximum absolute atomic E-state index is 4.99. The molecule has 3 aliphatic rings. The van der Waals surface area contributed by atoms with E-state index in [9.17, 15) is 0 Å². The topological polar surface area (TPSA) is 116 Å². The lowest BCUT2D eigenvalue weighted by Crippen LogP contribution is -2.15. The molecule has 0 fully saturated rings. The van der Waals surface area contributed by atoms with E-state index >= 15 is 0 Å². The Morgan fingerprint density at radius 2 is 0.423 bits per heavy atom. The molecule has 5 heterocycles. The monoisotopic (exact) mass is 1790 g/mol. The Hall–Kier alpha value is -16.6. The molecule has 0 spiro atoms. The highest BCUT2D eigenvalue weighted by molar-refractivity contribution is 7.26. The van der Waals surface area contributed by atoms with E-state index in [1.54, 1.807) is 0 Å². The van der Waals surface area contributed by atoms with Crippen LogP contribution < -0.4 is 0 Å². The van der Waals surface area contributed by atoms with Gasteiger partial charge in [-0.2, -0.15) is 0 Å². The third-order valence-corrected chi connectivity index (χ3v) is 29.9. The summed E-state index contributed by atoms with van der Waals surface area (Å²) in [5.41, 5.74) is 34.5. The molecule has 23 aromatic rings. The van der Waals surface area contributed by atoms with Gasteiger partial charge < -0.3 is 0 Å². The Balaban J connectivity index is 0.000000112. The quantitative estimate of drug-likeness (QED) is 0.111. The number of hydrogen-bond acceptors (Lipinski definition) is 11. The minimum Gasteiger partial charge on any atom is -0.208 e. The van der Waals surface area contributed by atoms with Gasteiger partial charge in [0.25, 0.3) is 0 Å². The molecule has 0 aliphatic heterocycles. The minimum absolute atomic E-state index is 0.0321. The third-order valence-electron chi connectivity index (χ3n) is 27.6. The Bertz CT molecular complexity index is 8480. The van der Waals surface area contributed by atoms with Crippen LogP contribution in [0.1, 0.15) is 74.9 Å². The maximum atomic E-state index is 4.99. The Morgan fingerprint density at radius 3 is 0.854 bits per heavy atom. The van der Waals surface area contributed by atoms with Crippen LogP contribution in [0.15, 0.2) is 431 Å². The van der Waals surface area contributed by atoms with Crippen LogP contribution in [0.4, 0.5) is 0 Å². The number of rotatable bonds is 13. The van der Waals surface area contributed by atoms with Gasteiger partial charge in [-0.1, -0.05) is 424 Å². The van der Waals surface area contributed by atoms with Crippen molar-refractivity contribution in [3.8, 4) is 180 Å². The molecule has 650 valence electrons. The van der Waals surface area contributed by atoms with Gasteiger partial charge in [0.1, 0.15) is 0 Å².